The van der Waals surface area contributed by atoms with E-state index in [1.807, 2.05) is 48.3 Å². The molecule has 5 nitrogen and oxygen atoms in total. The van der Waals surface area contributed by atoms with E-state index >= 15 is 0 Å². The van der Waals surface area contributed by atoms with Crippen LogP contribution in [0.5, 0.6) is 0 Å². The number of aromatic nitrogens is 4. The average molecular weight is 349 g/mol. The Morgan fingerprint density at radius 2 is 2.00 bits per heavy atom. The molecule has 2 N–H and O–H groups in total. The van der Waals surface area contributed by atoms with Crippen LogP contribution in [0.4, 0.5) is 5.00 Å². The van der Waals surface area contributed by atoms with Crippen LogP contribution in [0.2, 0.25) is 0 Å². The van der Waals surface area contributed by atoms with E-state index in [4.69, 9.17) is 10.7 Å². The molecule has 4 rings (SSSR count). The molecule has 0 spiro atoms. The monoisotopic (exact) mass is 349 g/mol. The first kappa shape index (κ1) is 15.8. The van der Waals surface area contributed by atoms with Gasteiger partial charge < -0.3 is 5.73 Å². The average Bonchev–Trinajstić information content (AvgIpc) is 3.15. The number of nitrogens with two attached hydrogens (primary N) is 1. The normalized spacial score (nSPS) is 11.5. The van der Waals surface area contributed by atoms with Crippen LogP contribution in [-0.2, 0) is 7.05 Å². The smallest absolute Gasteiger partial charge is 0.116 e. The van der Waals surface area contributed by atoms with Crippen molar-refractivity contribution in [2.24, 2.45) is 7.05 Å². The van der Waals surface area contributed by atoms with Gasteiger partial charge >= 0.3 is 0 Å². The molecule has 0 aliphatic rings. The predicted molar refractivity (Wildman–Crippen MR) is 104 cm³/mol. The van der Waals surface area contributed by atoms with Crippen molar-refractivity contribution >= 4 is 27.4 Å². The fraction of sp³-hybridized carbons (Fsp3) is 0.211. The van der Waals surface area contributed by atoms with Crippen molar-refractivity contribution < 1.29 is 0 Å². The summed E-state index contributed by atoms with van der Waals surface area (Å²) in [6.07, 6.45) is 2.01. The van der Waals surface area contributed by atoms with Gasteiger partial charge in [-0.15, -0.1) is 0 Å². The molecule has 0 saturated heterocycles. The highest BCUT2D eigenvalue weighted by Crippen LogP contribution is 2.38. The standard InChI is InChI=1S/C19H19N5S/c1-11(2)14-5-4-6-16(21-14)17-18(23-25-19(17)20)12-7-8-15-13(9-12)10-24(3)22-15/h4-11H,20H2,1-3H3. The summed E-state index contributed by atoms with van der Waals surface area (Å²) in [7, 11) is 1.92. The number of benzene rings is 1. The van der Waals surface area contributed by atoms with Gasteiger partial charge in [-0.2, -0.15) is 9.47 Å². The molecule has 4 aromatic rings. The second-order valence-electron chi connectivity index (χ2n) is 6.45. The first-order valence-electron chi connectivity index (χ1n) is 8.19. The fourth-order valence-corrected chi connectivity index (χ4v) is 3.63. The van der Waals surface area contributed by atoms with Crippen LogP contribution in [0, 0.1) is 0 Å². The van der Waals surface area contributed by atoms with Crippen molar-refractivity contribution in [1.29, 1.82) is 0 Å². The quantitative estimate of drug-likeness (QED) is 0.593. The molecule has 0 bridgehead atoms. The Kier molecular flexibility index (Phi) is 3.77. The number of aryl methyl sites for hydroxylation is 1. The lowest BCUT2D eigenvalue weighted by molar-refractivity contribution is 0.780. The Morgan fingerprint density at radius 3 is 2.80 bits per heavy atom. The van der Waals surface area contributed by atoms with Crippen LogP contribution in [0.3, 0.4) is 0 Å². The van der Waals surface area contributed by atoms with Gasteiger partial charge in [0.25, 0.3) is 0 Å². The Labute approximate surface area is 150 Å². The molecule has 6 heteroatoms. The van der Waals surface area contributed by atoms with E-state index in [2.05, 4.69) is 29.4 Å². The van der Waals surface area contributed by atoms with Gasteiger partial charge in [0.1, 0.15) is 5.00 Å². The van der Waals surface area contributed by atoms with Crippen molar-refractivity contribution in [2.75, 3.05) is 5.73 Å². The van der Waals surface area contributed by atoms with E-state index < -0.39 is 0 Å². The van der Waals surface area contributed by atoms with Gasteiger partial charge in [-0.25, -0.2) is 0 Å². The second kappa shape index (κ2) is 5.97. The minimum Gasteiger partial charge on any atom is -0.389 e. The second-order valence-corrected chi connectivity index (χ2v) is 7.25. The first-order chi connectivity index (χ1) is 12.0. The van der Waals surface area contributed by atoms with Crippen LogP contribution in [0.15, 0.2) is 42.6 Å². The van der Waals surface area contributed by atoms with Crippen LogP contribution in [-0.4, -0.2) is 19.1 Å². The SMILES string of the molecule is CC(C)c1cccc(-c2c(-c3ccc4nn(C)cc4c3)nsc2N)n1. The molecule has 0 saturated carbocycles. The maximum absolute atomic E-state index is 6.25. The summed E-state index contributed by atoms with van der Waals surface area (Å²) in [4.78, 5) is 4.80. The number of hydrogen-bond acceptors (Lipinski definition) is 5. The summed E-state index contributed by atoms with van der Waals surface area (Å²) in [5.41, 5.74) is 12.0. The summed E-state index contributed by atoms with van der Waals surface area (Å²) in [6, 6.07) is 12.2. The van der Waals surface area contributed by atoms with E-state index in [0.29, 0.717) is 10.9 Å². The Balaban J connectivity index is 1.87. The van der Waals surface area contributed by atoms with E-state index in [1.165, 1.54) is 11.5 Å². The highest BCUT2D eigenvalue weighted by Gasteiger charge is 2.18. The van der Waals surface area contributed by atoms with Crippen molar-refractivity contribution in [2.45, 2.75) is 19.8 Å². The lowest BCUT2D eigenvalue weighted by atomic mass is 10.0. The summed E-state index contributed by atoms with van der Waals surface area (Å²) in [6.45, 7) is 4.27. The van der Waals surface area contributed by atoms with Crippen molar-refractivity contribution in [3.05, 3.63) is 48.3 Å². The lowest BCUT2D eigenvalue weighted by Gasteiger charge is -2.08. The van der Waals surface area contributed by atoms with Gasteiger partial charge in [0.05, 0.1) is 22.5 Å². The number of pyridine rings is 1. The van der Waals surface area contributed by atoms with Crippen LogP contribution in [0.25, 0.3) is 33.4 Å². The van der Waals surface area contributed by atoms with Crippen LogP contribution >= 0.6 is 11.5 Å². The molecule has 0 fully saturated rings. The van der Waals surface area contributed by atoms with Crippen molar-refractivity contribution in [3.63, 3.8) is 0 Å². The van der Waals surface area contributed by atoms with Crippen molar-refractivity contribution in [1.82, 2.24) is 19.1 Å². The Hall–Kier alpha value is -2.73. The third kappa shape index (κ3) is 2.78. The molecule has 0 atom stereocenters. The summed E-state index contributed by atoms with van der Waals surface area (Å²) in [5.74, 6) is 0.364. The fourth-order valence-electron chi connectivity index (χ4n) is 2.96. The molecule has 0 radical (unpaired) electrons. The van der Waals surface area contributed by atoms with Gasteiger partial charge in [0.15, 0.2) is 0 Å². The van der Waals surface area contributed by atoms with Crippen LogP contribution < -0.4 is 5.73 Å². The third-order valence-electron chi connectivity index (χ3n) is 4.23. The molecule has 3 aromatic heterocycles. The summed E-state index contributed by atoms with van der Waals surface area (Å²) in [5, 5.41) is 6.20. The Bertz CT molecular complexity index is 1060. The number of hydrogen-bond donors (Lipinski definition) is 1. The van der Waals surface area contributed by atoms with Gasteiger partial charge in [-0.1, -0.05) is 26.0 Å². The molecule has 25 heavy (non-hydrogen) atoms. The number of fused-ring (bicyclic) bond motifs is 1. The van der Waals surface area contributed by atoms with E-state index in [9.17, 15) is 0 Å². The largest absolute Gasteiger partial charge is 0.389 e. The van der Waals surface area contributed by atoms with E-state index in [0.717, 1.165) is 39.1 Å². The van der Waals surface area contributed by atoms with Gasteiger partial charge in [0.2, 0.25) is 0 Å². The van der Waals surface area contributed by atoms with Gasteiger partial charge in [0, 0.05) is 29.9 Å². The molecule has 0 aliphatic carbocycles. The Morgan fingerprint density at radius 1 is 1.16 bits per heavy atom. The zero-order chi connectivity index (χ0) is 17.6. The van der Waals surface area contributed by atoms with Gasteiger partial charge in [-0.3, -0.25) is 9.67 Å². The zero-order valence-corrected chi connectivity index (χ0v) is 15.2. The predicted octanol–water partition coefficient (Wildman–Crippen LogP) is 4.46. The topological polar surface area (TPSA) is 69.6 Å². The number of nitrogen functional groups attached to an aromatic ring is 1. The summed E-state index contributed by atoms with van der Waals surface area (Å²) < 4.78 is 6.42. The molecule has 0 aliphatic heterocycles. The van der Waals surface area contributed by atoms with E-state index in [-0.39, 0.29) is 0 Å². The number of nitrogens with zero attached hydrogens (tertiary/aromatic N) is 4. The maximum atomic E-state index is 6.25. The maximum Gasteiger partial charge on any atom is 0.116 e. The van der Waals surface area contributed by atoms with E-state index in [1.54, 1.807) is 0 Å². The molecule has 3 heterocycles. The molecular formula is C19H19N5S. The highest BCUT2D eigenvalue weighted by molar-refractivity contribution is 7.11. The third-order valence-corrected chi connectivity index (χ3v) is 4.90. The lowest BCUT2D eigenvalue weighted by Crippen LogP contribution is -1.96. The molecule has 0 amide bonds. The zero-order valence-electron chi connectivity index (χ0n) is 14.4. The molecular weight excluding hydrogens is 330 g/mol. The summed E-state index contributed by atoms with van der Waals surface area (Å²) >= 11 is 1.31. The first-order valence-corrected chi connectivity index (χ1v) is 8.96. The van der Waals surface area contributed by atoms with Gasteiger partial charge in [-0.05, 0) is 41.7 Å². The number of anilines is 1. The minimum atomic E-state index is 0.364. The van der Waals surface area contributed by atoms with Crippen LogP contribution in [0.1, 0.15) is 25.5 Å². The highest BCUT2D eigenvalue weighted by atomic mass is 32.1. The minimum absolute atomic E-state index is 0.364. The molecule has 0 unspecified atom stereocenters. The molecule has 126 valence electrons. The van der Waals surface area contributed by atoms with Crippen molar-refractivity contribution in [3.8, 4) is 22.5 Å². The number of rotatable bonds is 3. The molecule has 1 aromatic carbocycles.